The molecular weight excluding hydrogens is 206 g/mol. The van der Waals surface area contributed by atoms with Gasteiger partial charge in [-0.15, -0.1) is 0 Å². The molecule has 0 unspecified atom stereocenters. The number of hydrogen-bond donors (Lipinski definition) is 3. The van der Waals surface area contributed by atoms with E-state index in [1.54, 1.807) is 37.5 Å². The van der Waals surface area contributed by atoms with Gasteiger partial charge in [-0.2, -0.15) is 0 Å². The molecule has 0 saturated carbocycles. The molecule has 0 aliphatic carbocycles. The molecule has 1 heterocycles. The SMILES string of the molecule is CNCc1c[nH]n(-c2ccccc2O)c1=O. The van der Waals surface area contributed by atoms with Gasteiger partial charge in [0.1, 0.15) is 11.4 Å². The van der Waals surface area contributed by atoms with Crippen molar-refractivity contribution in [3.05, 3.63) is 46.4 Å². The predicted octanol–water partition coefficient (Wildman–Crippen LogP) is 0.591. The molecule has 2 rings (SSSR count). The maximum absolute atomic E-state index is 11.9. The van der Waals surface area contributed by atoms with Gasteiger partial charge in [0.2, 0.25) is 0 Å². The zero-order chi connectivity index (χ0) is 11.5. The summed E-state index contributed by atoms with van der Waals surface area (Å²) >= 11 is 0. The molecule has 1 aromatic heterocycles. The van der Waals surface area contributed by atoms with E-state index in [0.29, 0.717) is 17.8 Å². The summed E-state index contributed by atoms with van der Waals surface area (Å²) in [6.45, 7) is 0.496. The number of hydrogen-bond acceptors (Lipinski definition) is 3. The van der Waals surface area contributed by atoms with E-state index < -0.39 is 0 Å². The molecule has 0 atom stereocenters. The van der Waals surface area contributed by atoms with Gasteiger partial charge in [0.05, 0.1) is 5.56 Å². The third-order valence-electron chi connectivity index (χ3n) is 2.34. The number of rotatable bonds is 3. The average Bonchev–Trinajstić information content (AvgIpc) is 2.62. The lowest BCUT2D eigenvalue weighted by Gasteiger charge is -2.03. The first-order valence-corrected chi connectivity index (χ1v) is 4.96. The zero-order valence-corrected chi connectivity index (χ0v) is 8.90. The van der Waals surface area contributed by atoms with Crippen molar-refractivity contribution in [1.29, 1.82) is 0 Å². The van der Waals surface area contributed by atoms with E-state index in [1.165, 1.54) is 4.68 Å². The first kappa shape index (κ1) is 10.5. The minimum atomic E-state index is -0.157. The van der Waals surface area contributed by atoms with Crippen LogP contribution in [0, 0.1) is 0 Å². The van der Waals surface area contributed by atoms with Gasteiger partial charge in [-0.25, -0.2) is 4.68 Å². The molecule has 5 heteroatoms. The minimum Gasteiger partial charge on any atom is -0.506 e. The standard InChI is InChI=1S/C11H13N3O2/c1-12-6-8-7-13-14(11(8)16)9-4-2-3-5-10(9)15/h2-5,7,12-13,15H,6H2,1H3. The van der Waals surface area contributed by atoms with Gasteiger partial charge >= 0.3 is 0 Å². The Morgan fingerprint density at radius 3 is 2.88 bits per heavy atom. The van der Waals surface area contributed by atoms with Crippen LogP contribution in [0.1, 0.15) is 5.56 Å². The van der Waals surface area contributed by atoms with Crippen LogP contribution in [0.4, 0.5) is 0 Å². The first-order valence-electron chi connectivity index (χ1n) is 4.96. The van der Waals surface area contributed by atoms with E-state index in [1.807, 2.05) is 0 Å². The highest BCUT2D eigenvalue weighted by Crippen LogP contribution is 2.18. The topological polar surface area (TPSA) is 70.1 Å². The Labute approximate surface area is 92.3 Å². The van der Waals surface area contributed by atoms with Crippen molar-refractivity contribution < 1.29 is 5.11 Å². The molecule has 1 aromatic carbocycles. The van der Waals surface area contributed by atoms with Crippen molar-refractivity contribution in [2.75, 3.05) is 7.05 Å². The second-order valence-corrected chi connectivity index (χ2v) is 3.46. The quantitative estimate of drug-likeness (QED) is 0.707. The second-order valence-electron chi connectivity index (χ2n) is 3.46. The Kier molecular flexibility index (Phi) is 2.78. The van der Waals surface area contributed by atoms with Crippen LogP contribution in [0.2, 0.25) is 0 Å². The van der Waals surface area contributed by atoms with E-state index in [0.717, 1.165) is 0 Å². The van der Waals surface area contributed by atoms with Crippen molar-refractivity contribution >= 4 is 0 Å². The van der Waals surface area contributed by atoms with Gasteiger partial charge in [-0.1, -0.05) is 12.1 Å². The molecule has 0 aliphatic rings. The highest BCUT2D eigenvalue weighted by molar-refractivity contribution is 5.44. The molecule has 0 aliphatic heterocycles. The van der Waals surface area contributed by atoms with E-state index in [2.05, 4.69) is 10.4 Å². The minimum absolute atomic E-state index is 0.0717. The van der Waals surface area contributed by atoms with Gasteiger partial charge in [-0.05, 0) is 19.2 Å². The number of phenolic OH excluding ortho intramolecular Hbond substituents is 1. The normalized spacial score (nSPS) is 10.6. The fourth-order valence-electron chi connectivity index (χ4n) is 1.56. The number of aromatic nitrogens is 2. The van der Waals surface area contributed by atoms with E-state index >= 15 is 0 Å². The average molecular weight is 219 g/mol. The lowest BCUT2D eigenvalue weighted by Crippen LogP contribution is -2.20. The van der Waals surface area contributed by atoms with Crippen molar-refractivity contribution in [2.24, 2.45) is 0 Å². The molecule has 0 saturated heterocycles. The Balaban J connectivity index is 2.50. The van der Waals surface area contributed by atoms with Crippen molar-refractivity contribution in [3.8, 4) is 11.4 Å². The van der Waals surface area contributed by atoms with Gasteiger partial charge in [0.15, 0.2) is 0 Å². The van der Waals surface area contributed by atoms with Gasteiger partial charge in [0.25, 0.3) is 5.56 Å². The number of phenols is 1. The molecular formula is C11H13N3O2. The summed E-state index contributed by atoms with van der Waals surface area (Å²) < 4.78 is 1.32. The van der Waals surface area contributed by atoms with Gasteiger partial charge in [-0.3, -0.25) is 9.89 Å². The van der Waals surface area contributed by atoms with Crippen molar-refractivity contribution in [3.63, 3.8) is 0 Å². The number of para-hydroxylation sites is 2. The maximum atomic E-state index is 11.9. The first-order chi connectivity index (χ1) is 7.74. The summed E-state index contributed by atoms with van der Waals surface area (Å²) in [6, 6.07) is 6.69. The van der Waals surface area contributed by atoms with Crippen LogP contribution in [0.5, 0.6) is 5.75 Å². The number of aromatic hydroxyl groups is 1. The van der Waals surface area contributed by atoms with Crippen molar-refractivity contribution in [1.82, 2.24) is 15.1 Å². The van der Waals surface area contributed by atoms with Crippen LogP contribution in [0.25, 0.3) is 5.69 Å². The Bertz CT molecular complexity index is 542. The fourth-order valence-corrected chi connectivity index (χ4v) is 1.56. The molecule has 0 radical (unpaired) electrons. The van der Waals surface area contributed by atoms with Crippen LogP contribution in [-0.4, -0.2) is 21.9 Å². The third kappa shape index (κ3) is 1.72. The molecule has 0 bridgehead atoms. The zero-order valence-electron chi connectivity index (χ0n) is 8.90. The Morgan fingerprint density at radius 2 is 2.19 bits per heavy atom. The van der Waals surface area contributed by atoms with Crippen molar-refractivity contribution in [2.45, 2.75) is 6.54 Å². The molecule has 0 spiro atoms. The smallest absolute Gasteiger partial charge is 0.275 e. The summed E-state index contributed by atoms with van der Waals surface area (Å²) in [4.78, 5) is 11.9. The maximum Gasteiger partial charge on any atom is 0.275 e. The van der Waals surface area contributed by atoms with Crippen LogP contribution >= 0.6 is 0 Å². The van der Waals surface area contributed by atoms with Crippen LogP contribution < -0.4 is 10.9 Å². The van der Waals surface area contributed by atoms with Gasteiger partial charge in [0, 0.05) is 12.7 Å². The summed E-state index contributed by atoms with van der Waals surface area (Å²) in [7, 11) is 1.77. The molecule has 3 N–H and O–H groups in total. The fraction of sp³-hybridized carbons (Fsp3) is 0.182. The monoisotopic (exact) mass is 219 g/mol. The number of nitrogens with one attached hydrogen (secondary N) is 2. The molecule has 16 heavy (non-hydrogen) atoms. The van der Waals surface area contributed by atoms with Crippen LogP contribution in [0.3, 0.4) is 0 Å². The molecule has 5 nitrogen and oxygen atoms in total. The van der Waals surface area contributed by atoms with E-state index in [-0.39, 0.29) is 11.3 Å². The number of aromatic amines is 1. The Hall–Kier alpha value is -2.01. The summed E-state index contributed by atoms with van der Waals surface area (Å²) in [5.74, 6) is 0.0717. The highest BCUT2D eigenvalue weighted by Gasteiger charge is 2.09. The second kappa shape index (κ2) is 4.24. The lowest BCUT2D eigenvalue weighted by atomic mass is 10.3. The number of nitrogens with zero attached hydrogens (tertiary/aromatic N) is 1. The molecule has 0 fully saturated rings. The van der Waals surface area contributed by atoms with E-state index in [9.17, 15) is 9.90 Å². The summed E-state index contributed by atoms with van der Waals surface area (Å²) in [6.07, 6.45) is 1.63. The summed E-state index contributed by atoms with van der Waals surface area (Å²) in [5.41, 5.74) is 0.927. The summed E-state index contributed by atoms with van der Waals surface area (Å²) in [5, 5.41) is 15.4. The Morgan fingerprint density at radius 1 is 1.44 bits per heavy atom. The van der Waals surface area contributed by atoms with Crippen LogP contribution in [0.15, 0.2) is 35.3 Å². The van der Waals surface area contributed by atoms with Gasteiger partial charge < -0.3 is 10.4 Å². The highest BCUT2D eigenvalue weighted by atomic mass is 16.3. The number of benzene rings is 1. The number of H-pyrrole nitrogens is 1. The largest absolute Gasteiger partial charge is 0.506 e. The predicted molar refractivity (Wildman–Crippen MR) is 60.8 cm³/mol. The van der Waals surface area contributed by atoms with Crippen LogP contribution in [-0.2, 0) is 6.54 Å². The molecule has 0 amide bonds. The lowest BCUT2D eigenvalue weighted by molar-refractivity contribution is 0.470. The molecule has 84 valence electrons. The third-order valence-corrected chi connectivity index (χ3v) is 2.34. The van der Waals surface area contributed by atoms with E-state index in [4.69, 9.17) is 0 Å². The molecule has 2 aromatic rings.